The van der Waals surface area contributed by atoms with Crippen molar-refractivity contribution in [3.8, 4) is 0 Å². The van der Waals surface area contributed by atoms with E-state index in [1.807, 2.05) is 12.3 Å². The molecule has 1 heterocycles. The van der Waals surface area contributed by atoms with E-state index >= 15 is 0 Å². The number of halogens is 2. The maximum Gasteiger partial charge on any atom is 0.0541 e. The van der Waals surface area contributed by atoms with Gasteiger partial charge in [-0.25, -0.2) is 0 Å². The summed E-state index contributed by atoms with van der Waals surface area (Å²) in [6.45, 7) is 0. The molecule has 0 saturated carbocycles. The van der Waals surface area contributed by atoms with Gasteiger partial charge in [0, 0.05) is 16.9 Å². The quantitative estimate of drug-likeness (QED) is 0.775. The van der Waals surface area contributed by atoms with Crippen molar-refractivity contribution in [2.24, 2.45) is 0 Å². The Labute approximate surface area is 83.5 Å². The highest BCUT2D eigenvalue weighted by atomic mass is 79.9. The molecule has 0 aliphatic heterocycles. The molecule has 1 rings (SSSR count). The topological polar surface area (TPSA) is 12.9 Å². The zero-order valence-electron chi connectivity index (χ0n) is 6.06. The van der Waals surface area contributed by atoms with Gasteiger partial charge in [-0.2, -0.15) is 0 Å². The Balaban J connectivity index is 2.83. The standard InChI is InChI=1S/C8H9Br2N/c9-4-3-7-2-1-5-11-8(7)6-10/h1-2,5H,3-4,6H2. The van der Waals surface area contributed by atoms with Crippen LogP contribution in [0, 0.1) is 0 Å². The van der Waals surface area contributed by atoms with Crippen LogP contribution in [-0.2, 0) is 11.8 Å². The Morgan fingerprint density at radius 3 is 2.82 bits per heavy atom. The van der Waals surface area contributed by atoms with Crippen LogP contribution in [0.5, 0.6) is 0 Å². The van der Waals surface area contributed by atoms with Crippen molar-refractivity contribution in [3.63, 3.8) is 0 Å². The van der Waals surface area contributed by atoms with Crippen molar-refractivity contribution in [1.29, 1.82) is 0 Å². The molecule has 0 atom stereocenters. The van der Waals surface area contributed by atoms with Crippen molar-refractivity contribution < 1.29 is 0 Å². The second-order valence-electron chi connectivity index (χ2n) is 2.18. The Morgan fingerprint density at radius 2 is 2.18 bits per heavy atom. The van der Waals surface area contributed by atoms with Crippen LogP contribution < -0.4 is 0 Å². The molecule has 1 aromatic rings. The van der Waals surface area contributed by atoms with Crippen LogP contribution in [0.3, 0.4) is 0 Å². The highest BCUT2D eigenvalue weighted by molar-refractivity contribution is 9.09. The molecular formula is C8H9Br2N. The molecule has 0 spiro atoms. The molecule has 1 nitrogen and oxygen atoms in total. The number of alkyl halides is 2. The number of aromatic nitrogens is 1. The summed E-state index contributed by atoms with van der Waals surface area (Å²) in [6.07, 6.45) is 2.88. The van der Waals surface area contributed by atoms with Crippen molar-refractivity contribution in [3.05, 3.63) is 29.6 Å². The number of nitrogens with zero attached hydrogens (tertiary/aromatic N) is 1. The first-order valence-electron chi connectivity index (χ1n) is 3.43. The molecule has 0 aromatic carbocycles. The number of hydrogen-bond acceptors (Lipinski definition) is 1. The van der Waals surface area contributed by atoms with Gasteiger partial charge in [-0.3, -0.25) is 4.98 Å². The molecule has 0 aliphatic carbocycles. The zero-order chi connectivity index (χ0) is 8.10. The van der Waals surface area contributed by atoms with Crippen LogP contribution in [0.2, 0.25) is 0 Å². The molecule has 0 N–H and O–H groups in total. The minimum absolute atomic E-state index is 0.843. The van der Waals surface area contributed by atoms with Gasteiger partial charge in [0.15, 0.2) is 0 Å². The van der Waals surface area contributed by atoms with Crippen LogP contribution in [0.15, 0.2) is 18.3 Å². The van der Waals surface area contributed by atoms with Crippen LogP contribution in [0.25, 0.3) is 0 Å². The summed E-state index contributed by atoms with van der Waals surface area (Å²) in [5.74, 6) is 0. The van der Waals surface area contributed by atoms with E-state index in [4.69, 9.17) is 0 Å². The van der Waals surface area contributed by atoms with Crippen molar-refractivity contribution in [2.45, 2.75) is 11.8 Å². The number of hydrogen-bond donors (Lipinski definition) is 0. The van der Waals surface area contributed by atoms with E-state index in [0.29, 0.717) is 0 Å². The van der Waals surface area contributed by atoms with Gasteiger partial charge in [0.2, 0.25) is 0 Å². The molecule has 0 aliphatic rings. The Morgan fingerprint density at radius 1 is 1.36 bits per heavy atom. The lowest BCUT2D eigenvalue weighted by Gasteiger charge is -2.02. The molecule has 0 unspecified atom stereocenters. The molecule has 0 bridgehead atoms. The van der Waals surface area contributed by atoms with E-state index in [-0.39, 0.29) is 0 Å². The van der Waals surface area contributed by atoms with Gasteiger partial charge in [0.25, 0.3) is 0 Å². The van der Waals surface area contributed by atoms with E-state index in [1.165, 1.54) is 5.56 Å². The second-order valence-corrected chi connectivity index (χ2v) is 3.54. The van der Waals surface area contributed by atoms with E-state index < -0.39 is 0 Å². The lowest BCUT2D eigenvalue weighted by Crippen LogP contribution is -1.94. The lowest BCUT2D eigenvalue weighted by atomic mass is 10.1. The average Bonchev–Trinajstić information content (AvgIpc) is 2.06. The fourth-order valence-corrected chi connectivity index (χ4v) is 1.85. The van der Waals surface area contributed by atoms with Crippen LogP contribution in [-0.4, -0.2) is 10.3 Å². The van der Waals surface area contributed by atoms with Gasteiger partial charge in [0.1, 0.15) is 0 Å². The number of rotatable bonds is 3. The SMILES string of the molecule is BrCCc1cccnc1CBr. The van der Waals surface area contributed by atoms with Gasteiger partial charge >= 0.3 is 0 Å². The predicted molar refractivity (Wildman–Crippen MR) is 54.4 cm³/mol. The van der Waals surface area contributed by atoms with Gasteiger partial charge in [0.05, 0.1) is 5.69 Å². The summed E-state index contributed by atoms with van der Waals surface area (Å²) >= 11 is 6.81. The minimum Gasteiger partial charge on any atom is -0.260 e. The smallest absolute Gasteiger partial charge is 0.0541 e. The van der Waals surface area contributed by atoms with E-state index in [0.717, 1.165) is 22.8 Å². The van der Waals surface area contributed by atoms with Gasteiger partial charge < -0.3 is 0 Å². The molecule has 3 heteroatoms. The molecule has 0 radical (unpaired) electrons. The first kappa shape index (κ1) is 9.20. The maximum atomic E-state index is 4.25. The highest BCUT2D eigenvalue weighted by Gasteiger charge is 1.99. The van der Waals surface area contributed by atoms with Crippen LogP contribution >= 0.6 is 31.9 Å². The summed E-state index contributed by atoms with van der Waals surface area (Å²) in [6, 6.07) is 4.09. The van der Waals surface area contributed by atoms with E-state index in [2.05, 4.69) is 42.9 Å². The average molecular weight is 279 g/mol. The summed E-state index contributed by atoms with van der Waals surface area (Å²) in [5, 5.41) is 1.84. The maximum absolute atomic E-state index is 4.25. The second kappa shape index (κ2) is 4.88. The fraction of sp³-hybridized carbons (Fsp3) is 0.375. The Kier molecular flexibility index (Phi) is 4.08. The first-order valence-corrected chi connectivity index (χ1v) is 5.67. The van der Waals surface area contributed by atoms with Crippen LogP contribution in [0.4, 0.5) is 0 Å². The first-order chi connectivity index (χ1) is 5.38. The minimum atomic E-state index is 0.843. The summed E-state index contributed by atoms with van der Waals surface area (Å²) in [4.78, 5) is 4.25. The predicted octanol–water partition coefficient (Wildman–Crippen LogP) is 2.91. The third-order valence-electron chi connectivity index (χ3n) is 1.47. The van der Waals surface area contributed by atoms with Crippen molar-refractivity contribution in [1.82, 2.24) is 4.98 Å². The lowest BCUT2D eigenvalue weighted by molar-refractivity contribution is 1.05. The molecule has 0 amide bonds. The van der Waals surface area contributed by atoms with Crippen molar-refractivity contribution >= 4 is 31.9 Å². The molecule has 1 aromatic heterocycles. The largest absolute Gasteiger partial charge is 0.260 e. The molecule has 60 valence electrons. The summed E-state index contributed by atoms with van der Waals surface area (Å²) in [7, 11) is 0. The van der Waals surface area contributed by atoms with Gasteiger partial charge in [-0.05, 0) is 18.1 Å². The number of aryl methyl sites for hydroxylation is 1. The van der Waals surface area contributed by atoms with Gasteiger partial charge in [-0.1, -0.05) is 37.9 Å². The third-order valence-corrected chi connectivity index (χ3v) is 2.40. The monoisotopic (exact) mass is 277 g/mol. The molecule has 0 saturated heterocycles. The van der Waals surface area contributed by atoms with Crippen LogP contribution in [0.1, 0.15) is 11.3 Å². The van der Waals surface area contributed by atoms with Gasteiger partial charge in [-0.15, -0.1) is 0 Å². The number of pyridine rings is 1. The fourth-order valence-electron chi connectivity index (χ4n) is 0.921. The van der Waals surface area contributed by atoms with E-state index in [9.17, 15) is 0 Å². The molecule has 0 fully saturated rings. The highest BCUT2D eigenvalue weighted by Crippen LogP contribution is 2.10. The van der Waals surface area contributed by atoms with Crippen molar-refractivity contribution in [2.75, 3.05) is 5.33 Å². The third kappa shape index (κ3) is 2.56. The Hall–Kier alpha value is 0.110. The molecular weight excluding hydrogens is 270 g/mol. The zero-order valence-corrected chi connectivity index (χ0v) is 9.23. The molecule has 11 heavy (non-hydrogen) atoms. The summed E-state index contributed by atoms with van der Waals surface area (Å²) < 4.78 is 0. The normalized spacial score (nSPS) is 10.0. The Bertz CT molecular complexity index is 225. The summed E-state index contributed by atoms with van der Waals surface area (Å²) in [5.41, 5.74) is 2.47. The van der Waals surface area contributed by atoms with E-state index in [1.54, 1.807) is 0 Å².